The van der Waals surface area contributed by atoms with Crippen LogP contribution in [-0.4, -0.2) is 26.6 Å². The monoisotopic (exact) mass is 305 g/mol. The molecule has 0 bridgehead atoms. The number of benzene rings is 1. The Bertz CT molecular complexity index is 555. The Kier molecular flexibility index (Phi) is 6.22. The first-order chi connectivity index (χ1) is 10.2. The van der Waals surface area contributed by atoms with E-state index in [1.807, 2.05) is 16.4 Å². The summed E-state index contributed by atoms with van der Waals surface area (Å²) in [6.45, 7) is 5.14. The van der Waals surface area contributed by atoms with Crippen LogP contribution in [0.5, 0.6) is 0 Å². The zero-order chi connectivity index (χ0) is 15.1. The Morgan fingerprint density at radius 3 is 3.00 bits per heavy atom. The third-order valence-electron chi connectivity index (χ3n) is 3.24. The Labute approximate surface area is 130 Å². The minimum atomic E-state index is 0.176. The van der Waals surface area contributed by atoms with Crippen LogP contribution in [0.25, 0.3) is 0 Å². The number of hydrogen-bond donors (Lipinski definition) is 2. The van der Waals surface area contributed by atoms with Crippen LogP contribution in [0.4, 0.5) is 0 Å². The van der Waals surface area contributed by atoms with Crippen molar-refractivity contribution < 1.29 is 0 Å². The molecule has 0 spiro atoms. The van der Waals surface area contributed by atoms with Gasteiger partial charge in [-0.15, -0.1) is 11.8 Å². The van der Waals surface area contributed by atoms with Gasteiger partial charge in [0, 0.05) is 29.7 Å². The summed E-state index contributed by atoms with van der Waals surface area (Å²) in [6.07, 6.45) is 3.46. The van der Waals surface area contributed by atoms with Crippen molar-refractivity contribution in [1.29, 1.82) is 0 Å². The highest BCUT2D eigenvalue weighted by atomic mass is 32.2. The topological polar surface area (TPSA) is 68.8 Å². The minimum Gasteiger partial charge on any atom is -0.271 e. The lowest BCUT2D eigenvalue weighted by atomic mass is 10.2. The molecule has 2 rings (SSSR count). The lowest BCUT2D eigenvalue weighted by Crippen LogP contribution is -2.39. The van der Waals surface area contributed by atoms with Gasteiger partial charge in [-0.1, -0.05) is 24.6 Å². The van der Waals surface area contributed by atoms with Gasteiger partial charge in [-0.05, 0) is 25.5 Å². The predicted molar refractivity (Wildman–Crippen MR) is 87.0 cm³/mol. The van der Waals surface area contributed by atoms with Crippen LogP contribution in [-0.2, 0) is 13.0 Å². The van der Waals surface area contributed by atoms with E-state index in [0.29, 0.717) is 0 Å². The number of hydrazine groups is 1. The lowest BCUT2D eigenvalue weighted by Gasteiger charge is -2.15. The fourth-order valence-corrected chi connectivity index (χ4v) is 3.18. The summed E-state index contributed by atoms with van der Waals surface area (Å²) in [5, 5.41) is 4.25. The molecule has 0 saturated heterocycles. The smallest absolute Gasteiger partial charge is 0.138 e. The fourth-order valence-electron chi connectivity index (χ4n) is 2.13. The maximum Gasteiger partial charge on any atom is 0.138 e. The predicted octanol–water partition coefficient (Wildman–Crippen LogP) is 2.16. The van der Waals surface area contributed by atoms with Crippen molar-refractivity contribution in [1.82, 2.24) is 20.2 Å². The molecule has 1 aromatic carbocycles. The number of thioether (sulfide) groups is 1. The number of aryl methyl sites for hydroxylation is 2. The standard InChI is InChI=1S/C15H23N5S/c1-3-7-20-15(17-11-18-20)9-13(19-16)10-21-14-6-4-5-12(2)8-14/h4-6,8,11,13,19H,3,7,9-10,16H2,1-2H3. The molecule has 0 saturated carbocycles. The molecular formula is C15H23N5S. The second-order valence-corrected chi connectivity index (χ2v) is 6.19. The van der Waals surface area contributed by atoms with Gasteiger partial charge in [-0.3, -0.25) is 16.0 Å². The van der Waals surface area contributed by atoms with E-state index in [0.717, 1.165) is 31.0 Å². The van der Waals surface area contributed by atoms with Crippen LogP contribution >= 0.6 is 11.8 Å². The van der Waals surface area contributed by atoms with Crippen molar-refractivity contribution in [2.75, 3.05) is 5.75 Å². The van der Waals surface area contributed by atoms with Crippen molar-refractivity contribution in [2.24, 2.45) is 5.84 Å². The first kappa shape index (κ1) is 16.0. The van der Waals surface area contributed by atoms with Gasteiger partial charge in [-0.25, -0.2) is 4.98 Å². The van der Waals surface area contributed by atoms with Gasteiger partial charge in [0.1, 0.15) is 12.2 Å². The van der Waals surface area contributed by atoms with Crippen molar-refractivity contribution in [3.05, 3.63) is 42.0 Å². The summed E-state index contributed by atoms with van der Waals surface area (Å²) in [6, 6.07) is 8.69. The molecule has 0 aliphatic heterocycles. The van der Waals surface area contributed by atoms with E-state index in [2.05, 4.69) is 53.6 Å². The number of nitrogens with one attached hydrogen (secondary N) is 1. The highest BCUT2D eigenvalue weighted by molar-refractivity contribution is 7.99. The van der Waals surface area contributed by atoms with Crippen LogP contribution in [0, 0.1) is 6.92 Å². The maximum absolute atomic E-state index is 5.69. The molecule has 5 nitrogen and oxygen atoms in total. The van der Waals surface area contributed by atoms with E-state index in [-0.39, 0.29) is 6.04 Å². The maximum atomic E-state index is 5.69. The van der Waals surface area contributed by atoms with Crippen molar-refractivity contribution in [3.63, 3.8) is 0 Å². The van der Waals surface area contributed by atoms with Gasteiger partial charge < -0.3 is 0 Å². The van der Waals surface area contributed by atoms with Crippen molar-refractivity contribution in [3.8, 4) is 0 Å². The summed E-state index contributed by atoms with van der Waals surface area (Å²) >= 11 is 1.81. The van der Waals surface area contributed by atoms with Crippen molar-refractivity contribution in [2.45, 2.75) is 44.2 Å². The van der Waals surface area contributed by atoms with Crippen LogP contribution in [0.2, 0.25) is 0 Å². The summed E-state index contributed by atoms with van der Waals surface area (Å²) in [4.78, 5) is 5.61. The van der Waals surface area contributed by atoms with Gasteiger partial charge in [-0.2, -0.15) is 5.10 Å². The second-order valence-electron chi connectivity index (χ2n) is 5.09. The number of nitrogens with two attached hydrogens (primary N) is 1. The van der Waals surface area contributed by atoms with Crippen molar-refractivity contribution >= 4 is 11.8 Å². The van der Waals surface area contributed by atoms with Crippen LogP contribution in [0.3, 0.4) is 0 Å². The molecule has 0 fully saturated rings. The molecule has 1 heterocycles. The molecule has 1 unspecified atom stereocenters. The Morgan fingerprint density at radius 1 is 1.43 bits per heavy atom. The Morgan fingerprint density at radius 2 is 2.29 bits per heavy atom. The Hall–Kier alpha value is -1.37. The summed E-state index contributed by atoms with van der Waals surface area (Å²) in [5.74, 6) is 7.58. The fraction of sp³-hybridized carbons (Fsp3) is 0.467. The molecule has 0 aliphatic rings. The molecule has 2 aromatic rings. The highest BCUT2D eigenvalue weighted by Gasteiger charge is 2.13. The number of rotatable bonds is 8. The van der Waals surface area contributed by atoms with Crippen LogP contribution < -0.4 is 11.3 Å². The first-order valence-corrected chi connectivity index (χ1v) is 8.23. The molecule has 1 atom stereocenters. The molecule has 3 N–H and O–H groups in total. The normalized spacial score (nSPS) is 12.5. The van der Waals surface area contributed by atoms with Gasteiger partial charge >= 0.3 is 0 Å². The van der Waals surface area contributed by atoms with Gasteiger partial charge in [0.25, 0.3) is 0 Å². The third-order valence-corrected chi connectivity index (χ3v) is 4.39. The largest absolute Gasteiger partial charge is 0.271 e. The average molecular weight is 305 g/mol. The second kappa shape index (κ2) is 8.17. The molecule has 1 aromatic heterocycles. The van der Waals surface area contributed by atoms with E-state index >= 15 is 0 Å². The number of hydrogen-bond acceptors (Lipinski definition) is 5. The number of nitrogens with zero attached hydrogens (tertiary/aromatic N) is 3. The SMILES string of the molecule is CCCn1ncnc1CC(CSc1cccc(C)c1)NN. The molecule has 0 aliphatic carbocycles. The zero-order valence-electron chi connectivity index (χ0n) is 12.6. The van der Waals surface area contributed by atoms with E-state index in [4.69, 9.17) is 5.84 Å². The average Bonchev–Trinajstić information content (AvgIpc) is 2.91. The molecule has 21 heavy (non-hydrogen) atoms. The van der Waals surface area contributed by atoms with Gasteiger partial charge in [0.15, 0.2) is 0 Å². The van der Waals surface area contributed by atoms with Gasteiger partial charge in [0.05, 0.1) is 0 Å². The molecule has 0 amide bonds. The zero-order valence-corrected chi connectivity index (χ0v) is 13.4. The van der Waals surface area contributed by atoms with E-state index in [1.54, 1.807) is 6.33 Å². The molecular weight excluding hydrogens is 282 g/mol. The summed E-state index contributed by atoms with van der Waals surface area (Å²) in [7, 11) is 0. The highest BCUT2D eigenvalue weighted by Crippen LogP contribution is 2.20. The molecule has 0 radical (unpaired) electrons. The Balaban J connectivity index is 1.92. The van der Waals surface area contributed by atoms with E-state index in [1.165, 1.54) is 10.5 Å². The van der Waals surface area contributed by atoms with Gasteiger partial charge in [0.2, 0.25) is 0 Å². The lowest BCUT2D eigenvalue weighted by molar-refractivity contribution is 0.513. The summed E-state index contributed by atoms with van der Waals surface area (Å²) < 4.78 is 1.96. The van der Waals surface area contributed by atoms with Crippen LogP contribution in [0.15, 0.2) is 35.5 Å². The number of aromatic nitrogens is 3. The molecule has 114 valence electrons. The molecule has 6 heteroatoms. The minimum absolute atomic E-state index is 0.176. The van der Waals surface area contributed by atoms with E-state index < -0.39 is 0 Å². The third kappa shape index (κ3) is 4.84. The van der Waals surface area contributed by atoms with E-state index in [9.17, 15) is 0 Å². The van der Waals surface area contributed by atoms with Crippen LogP contribution in [0.1, 0.15) is 24.7 Å². The summed E-state index contributed by atoms with van der Waals surface area (Å²) in [5.41, 5.74) is 4.17. The quantitative estimate of drug-likeness (QED) is 0.444. The first-order valence-electron chi connectivity index (χ1n) is 7.25.